The van der Waals surface area contributed by atoms with Gasteiger partial charge in [-0.2, -0.15) is 0 Å². The molecule has 0 saturated heterocycles. The summed E-state index contributed by atoms with van der Waals surface area (Å²) in [6, 6.07) is 20.7. The SMILES string of the molecule is C.CC.CC.CC.CC.CC(c1cccnc1)N(C)C1CCC(C(C)(C)C)CC1.CC(c1cccnc1)N(C)C1CCC(C(C)(C)C)CC1.CN(Cc1cccnc1)C1CCC(C(C)(C)C)CC1.CN(Cc1cccnc1)C1CCC(C(C)(C)C)CC1. The lowest BCUT2D eigenvalue weighted by atomic mass is 9.71. The van der Waals surface area contributed by atoms with Crippen LogP contribution in [0.15, 0.2) is 98.1 Å². The highest BCUT2D eigenvalue weighted by Crippen LogP contribution is 2.43. The van der Waals surface area contributed by atoms with Gasteiger partial charge in [0.25, 0.3) is 0 Å². The van der Waals surface area contributed by atoms with Gasteiger partial charge in [-0.1, -0.05) is 170 Å². The second kappa shape index (κ2) is 43.2. The molecule has 0 N–H and O–H groups in total. The molecular weight excluding hydrogens is 1060 g/mol. The summed E-state index contributed by atoms with van der Waals surface area (Å²) in [6.07, 6.45) is 37.1. The van der Waals surface area contributed by atoms with Gasteiger partial charge in [0.2, 0.25) is 0 Å². The first-order valence-electron chi connectivity index (χ1n) is 35.1. The van der Waals surface area contributed by atoms with Gasteiger partial charge in [0, 0.05) is 98.9 Å². The van der Waals surface area contributed by atoms with Gasteiger partial charge in [-0.3, -0.25) is 39.5 Å². The summed E-state index contributed by atoms with van der Waals surface area (Å²) < 4.78 is 0. The fraction of sp³-hybridized carbons (Fsp3) is 0.747. The van der Waals surface area contributed by atoms with Crippen molar-refractivity contribution in [3.05, 3.63) is 120 Å². The Morgan fingerprint density at radius 1 is 0.345 bits per heavy atom. The summed E-state index contributed by atoms with van der Waals surface area (Å²) in [5.74, 6) is 3.58. The van der Waals surface area contributed by atoms with Crippen LogP contribution in [0.2, 0.25) is 0 Å². The molecule has 0 aromatic carbocycles. The van der Waals surface area contributed by atoms with E-state index in [4.69, 9.17) is 0 Å². The van der Waals surface area contributed by atoms with E-state index in [1.165, 1.54) is 125 Å². The van der Waals surface area contributed by atoms with Crippen LogP contribution < -0.4 is 0 Å². The summed E-state index contributed by atoms with van der Waals surface area (Å²) in [5, 5.41) is 0. The molecule has 4 aromatic rings. The van der Waals surface area contributed by atoms with E-state index in [0.29, 0.717) is 33.7 Å². The van der Waals surface area contributed by atoms with Crippen LogP contribution in [-0.4, -0.2) is 91.9 Å². The summed E-state index contributed by atoms with van der Waals surface area (Å²) in [6.45, 7) is 51.3. The molecule has 4 aromatic heterocycles. The number of pyridine rings is 4. The van der Waals surface area contributed by atoms with Crippen molar-refractivity contribution in [3.8, 4) is 0 Å². The van der Waals surface area contributed by atoms with Crippen LogP contribution in [0, 0.1) is 45.3 Å². The van der Waals surface area contributed by atoms with E-state index in [2.05, 4.69) is 189 Å². The second-order valence-corrected chi connectivity index (χ2v) is 29.3. The third-order valence-corrected chi connectivity index (χ3v) is 19.9. The lowest BCUT2D eigenvalue weighted by Crippen LogP contribution is -2.38. The van der Waals surface area contributed by atoms with E-state index in [9.17, 15) is 0 Å². The molecule has 8 heteroatoms. The van der Waals surface area contributed by atoms with Gasteiger partial charge in [0.1, 0.15) is 0 Å². The highest BCUT2D eigenvalue weighted by atomic mass is 15.2. The Morgan fingerprint density at radius 3 is 0.759 bits per heavy atom. The van der Waals surface area contributed by atoms with Crippen molar-refractivity contribution < 1.29 is 0 Å². The van der Waals surface area contributed by atoms with E-state index in [1.54, 1.807) is 0 Å². The van der Waals surface area contributed by atoms with Crippen LogP contribution >= 0.6 is 0 Å². The molecule has 4 heterocycles. The predicted octanol–water partition coefficient (Wildman–Crippen LogP) is 22.3. The first kappa shape index (κ1) is 83.4. The zero-order chi connectivity index (χ0) is 65.3. The van der Waals surface area contributed by atoms with Crippen LogP contribution in [0.25, 0.3) is 0 Å². The van der Waals surface area contributed by atoms with Gasteiger partial charge in [0.05, 0.1) is 0 Å². The lowest BCUT2D eigenvalue weighted by Gasteiger charge is -2.41. The molecule has 4 aliphatic carbocycles. The van der Waals surface area contributed by atoms with Gasteiger partial charge in [-0.05, 0) is 237 Å². The van der Waals surface area contributed by atoms with Crippen molar-refractivity contribution >= 4 is 0 Å². The average Bonchev–Trinajstić information content (AvgIpc) is 3.72. The fourth-order valence-corrected chi connectivity index (χ4v) is 13.6. The third kappa shape index (κ3) is 30.4. The number of nitrogens with zero attached hydrogens (tertiary/aromatic N) is 8. The molecule has 4 saturated carbocycles. The summed E-state index contributed by atoms with van der Waals surface area (Å²) in [5.41, 5.74) is 7.20. The number of hydrogen-bond donors (Lipinski definition) is 0. The molecule has 0 radical (unpaired) electrons. The average molecular weight is 1210 g/mol. The molecule has 87 heavy (non-hydrogen) atoms. The van der Waals surface area contributed by atoms with Crippen LogP contribution in [0.5, 0.6) is 0 Å². The van der Waals surface area contributed by atoms with E-state index >= 15 is 0 Å². The van der Waals surface area contributed by atoms with Gasteiger partial charge in [-0.25, -0.2) is 0 Å². The maximum Gasteiger partial charge on any atom is 0.0335 e. The topological polar surface area (TPSA) is 64.5 Å². The predicted molar refractivity (Wildman–Crippen MR) is 385 cm³/mol. The van der Waals surface area contributed by atoms with Crippen molar-refractivity contribution in [3.63, 3.8) is 0 Å². The van der Waals surface area contributed by atoms with Gasteiger partial charge >= 0.3 is 0 Å². The Kier molecular flexibility index (Phi) is 41.5. The van der Waals surface area contributed by atoms with Gasteiger partial charge in [0.15, 0.2) is 0 Å². The monoisotopic (exact) mass is 1210 g/mol. The van der Waals surface area contributed by atoms with Crippen LogP contribution in [-0.2, 0) is 13.1 Å². The second-order valence-electron chi connectivity index (χ2n) is 29.3. The molecule has 4 fully saturated rings. The molecule has 0 spiro atoms. The number of hydrogen-bond acceptors (Lipinski definition) is 8. The molecule has 2 unspecified atom stereocenters. The lowest BCUT2D eigenvalue weighted by molar-refractivity contribution is 0.0902. The maximum absolute atomic E-state index is 4.25. The molecule has 0 bridgehead atoms. The first-order valence-corrected chi connectivity index (χ1v) is 35.1. The molecule has 8 nitrogen and oxygen atoms in total. The zero-order valence-corrected chi connectivity index (χ0v) is 61.3. The van der Waals surface area contributed by atoms with E-state index in [-0.39, 0.29) is 7.43 Å². The quantitative estimate of drug-likeness (QED) is 0.139. The minimum atomic E-state index is 0. The van der Waals surface area contributed by atoms with Crippen molar-refractivity contribution in [1.29, 1.82) is 0 Å². The van der Waals surface area contributed by atoms with Crippen LogP contribution in [0.3, 0.4) is 0 Å². The van der Waals surface area contributed by atoms with E-state index in [0.717, 1.165) is 60.9 Å². The zero-order valence-electron chi connectivity index (χ0n) is 61.3. The Morgan fingerprint density at radius 2 is 0.563 bits per heavy atom. The molecule has 8 rings (SSSR count). The molecule has 500 valence electrons. The van der Waals surface area contributed by atoms with Crippen molar-refractivity contribution in [1.82, 2.24) is 39.5 Å². The standard InChI is InChI=1S/2C18H30N2.2C17H28N2.4C2H6.CH4/c2*1-14(15-7-6-12-19-13-15)20(5)17-10-8-16(9-11-17)18(2,3)4;2*1-17(2,3)15-7-9-16(10-8-15)19(4)13-14-6-5-11-18-12-14;4*1-2;/h2*6-7,12-14,16-17H,8-11H2,1-5H3;2*5-6,11-12,15-16H,7-10,13H2,1-4H3;4*1-2H3;1H4. The fourth-order valence-electron chi connectivity index (χ4n) is 13.6. The smallest absolute Gasteiger partial charge is 0.0335 e. The van der Waals surface area contributed by atoms with Crippen LogP contribution in [0.4, 0.5) is 0 Å². The molecule has 4 aliphatic rings. The normalized spacial score (nSPS) is 22.9. The van der Waals surface area contributed by atoms with E-state index < -0.39 is 0 Å². The van der Waals surface area contributed by atoms with Crippen LogP contribution in [0.1, 0.15) is 297 Å². The third-order valence-electron chi connectivity index (χ3n) is 19.9. The number of rotatable bonds is 12. The van der Waals surface area contributed by atoms with E-state index in [1.807, 2.05) is 129 Å². The minimum Gasteiger partial charge on any atom is -0.299 e. The van der Waals surface area contributed by atoms with Crippen molar-refractivity contribution in [2.75, 3.05) is 28.2 Å². The van der Waals surface area contributed by atoms with Gasteiger partial charge < -0.3 is 0 Å². The molecule has 0 amide bonds. The Labute approximate surface area is 542 Å². The summed E-state index contributed by atoms with van der Waals surface area (Å²) in [7, 11) is 9.07. The Hall–Kier alpha value is -3.56. The summed E-state index contributed by atoms with van der Waals surface area (Å²) in [4.78, 5) is 27.0. The Balaban J connectivity index is 0.00000109. The summed E-state index contributed by atoms with van der Waals surface area (Å²) >= 11 is 0. The largest absolute Gasteiger partial charge is 0.299 e. The molecule has 0 aliphatic heterocycles. The minimum absolute atomic E-state index is 0. The highest BCUT2D eigenvalue weighted by Gasteiger charge is 2.35. The molecular formula is C79H144N8. The first-order chi connectivity index (χ1) is 40.7. The maximum atomic E-state index is 4.25. The Bertz CT molecular complexity index is 2020. The molecule has 2 atom stereocenters. The van der Waals surface area contributed by atoms with Gasteiger partial charge in [-0.15, -0.1) is 0 Å². The highest BCUT2D eigenvalue weighted by molar-refractivity contribution is 5.15. The van der Waals surface area contributed by atoms with Crippen molar-refractivity contribution in [2.45, 2.75) is 312 Å². The van der Waals surface area contributed by atoms with Crippen molar-refractivity contribution in [2.24, 2.45) is 45.3 Å². The number of aromatic nitrogens is 4.